The number of amides is 2. The maximum atomic E-state index is 14.9. The lowest BCUT2D eigenvalue weighted by Gasteiger charge is -2.41. The largest absolute Gasteiger partial charge is 0.497 e. The average molecular weight is 650 g/mol. The Morgan fingerprint density at radius 2 is 1.53 bits per heavy atom. The SMILES string of the molecule is COc1ccc(C2=NC(C)(c3ccc(Cl)cc3)[C@@H](c3ccc(Cl)cc3)N2C(=O)N2CCC(N3CCCC3)CC2)c(OC(C)C)c1. The van der Waals surface area contributed by atoms with E-state index in [1.807, 2.05) is 90.4 Å². The number of urea groups is 1. The predicted molar refractivity (Wildman–Crippen MR) is 181 cm³/mol. The number of rotatable bonds is 7. The van der Waals surface area contributed by atoms with Gasteiger partial charge in [-0.2, -0.15) is 0 Å². The molecule has 9 heteroatoms. The summed E-state index contributed by atoms with van der Waals surface area (Å²) in [7, 11) is 1.64. The third-order valence-electron chi connectivity index (χ3n) is 9.36. The molecule has 238 valence electrons. The highest BCUT2D eigenvalue weighted by molar-refractivity contribution is 6.30. The van der Waals surface area contributed by atoms with Gasteiger partial charge in [-0.15, -0.1) is 0 Å². The maximum Gasteiger partial charge on any atom is 0.326 e. The predicted octanol–water partition coefficient (Wildman–Crippen LogP) is 8.19. The van der Waals surface area contributed by atoms with Crippen molar-refractivity contribution in [2.24, 2.45) is 4.99 Å². The Balaban J connectivity index is 1.48. The minimum absolute atomic E-state index is 0.0578. The first kappa shape index (κ1) is 31.7. The van der Waals surface area contributed by atoms with E-state index in [1.165, 1.54) is 12.8 Å². The highest BCUT2D eigenvalue weighted by Crippen LogP contribution is 2.50. The molecule has 0 bridgehead atoms. The lowest BCUT2D eigenvalue weighted by atomic mass is 9.81. The van der Waals surface area contributed by atoms with Crippen LogP contribution in [0.25, 0.3) is 0 Å². The van der Waals surface area contributed by atoms with Crippen molar-refractivity contribution in [3.8, 4) is 11.5 Å². The lowest BCUT2D eigenvalue weighted by molar-refractivity contribution is 0.113. The number of halogens is 2. The molecule has 2 amide bonds. The Morgan fingerprint density at radius 3 is 2.13 bits per heavy atom. The van der Waals surface area contributed by atoms with Crippen molar-refractivity contribution < 1.29 is 14.3 Å². The zero-order valence-corrected chi connectivity index (χ0v) is 28.0. The molecule has 3 aromatic rings. The van der Waals surface area contributed by atoms with E-state index in [-0.39, 0.29) is 12.1 Å². The molecule has 3 aliphatic heterocycles. The van der Waals surface area contributed by atoms with Gasteiger partial charge in [-0.25, -0.2) is 4.79 Å². The molecule has 0 aromatic heterocycles. The summed E-state index contributed by atoms with van der Waals surface area (Å²) in [6.07, 6.45) is 4.37. The summed E-state index contributed by atoms with van der Waals surface area (Å²) in [6.45, 7) is 9.79. The number of carbonyl (C=O) groups excluding carboxylic acids is 1. The van der Waals surface area contributed by atoms with Crippen LogP contribution < -0.4 is 9.47 Å². The van der Waals surface area contributed by atoms with Crippen LogP contribution in [0.5, 0.6) is 11.5 Å². The number of carbonyl (C=O) groups is 1. The highest BCUT2D eigenvalue weighted by Gasteiger charge is 2.52. The van der Waals surface area contributed by atoms with Gasteiger partial charge in [-0.3, -0.25) is 9.89 Å². The first-order chi connectivity index (χ1) is 21.7. The van der Waals surface area contributed by atoms with Gasteiger partial charge in [-0.1, -0.05) is 47.5 Å². The van der Waals surface area contributed by atoms with Gasteiger partial charge in [0.15, 0.2) is 0 Å². The van der Waals surface area contributed by atoms with E-state index in [4.69, 9.17) is 37.7 Å². The zero-order chi connectivity index (χ0) is 31.7. The summed E-state index contributed by atoms with van der Waals surface area (Å²) in [4.78, 5) is 26.9. The fourth-order valence-electron chi connectivity index (χ4n) is 7.08. The molecular formula is C36H42Cl2N4O3. The van der Waals surface area contributed by atoms with Gasteiger partial charge >= 0.3 is 6.03 Å². The smallest absolute Gasteiger partial charge is 0.326 e. The van der Waals surface area contributed by atoms with Gasteiger partial charge in [0.1, 0.15) is 22.9 Å². The number of hydrogen-bond acceptors (Lipinski definition) is 5. The van der Waals surface area contributed by atoms with E-state index >= 15 is 0 Å². The molecular weight excluding hydrogens is 607 g/mol. The van der Waals surface area contributed by atoms with E-state index < -0.39 is 11.6 Å². The normalized spacial score (nSPS) is 22.6. The zero-order valence-electron chi connectivity index (χ0n) is 26.5. The Kier molecular flexibility index (Phi) is 9.32. The van der Waals surface area contributed by atoms with Crippen LogP contribution in [0.15, 0.2) is 71.7 Å². The van der Waals surface area contributed by atoms with Gasteiger partial charge in [0, 0.05) is 35.2 Å². The van der Waals surface area contributed by atoms with Crippen molar-refractivity contribution >= 4 is 35.1 Å². The van der Waals surface area contributed by atoms with Crippen LogP contribution in [0.3, 0.4) is 0 Å². The van der Waals surface area contributed by atoms with Crippen molar-refractivity contribution in [3.63, 3.8) is 0 Å². The summed E-state index contributed by atoms with van der Waals surface area (Å²) in [5.74, 6) is 1.85. The van der Waals surface area contributed by atoms with Gasteiger partial charge in [0.05, 0.1) is 24.8 Å². The van der Waals surface area contributed by atoms with Crippen LogP contribution >= 0.6 is 23.2 Å². The maximum absolute atomic E-state index is 14.9. The Morgan fingerprint density at radius 1 is 0.911 bits per heavy atom. The number of amidine groups is 1. The summed E-state index contributed by atoms with van der Waals surface area (Å²) in [5.41, 5.74) is 1.79. The van der Waals surface area contributed by atoms with Crippen LogP contribution in [-0.2, 0) is 5.54 Å². The number of methoxy groups -OCH3 is 1. The van der Waals surface area contributed by atoms with Crippen LogP contribution in [0, 0.1) is 0 Å². The molecule has 2 fully saturated rings. The minimum Gasteiger partial charge on any atom is -0.497 e. The molecule has 3 heterocycles. The van der Waals surface area contributed by atoms with Gasteiger partial charge < -0.3 is 19.3 Å². The Bertz CT molecular complexity index is 1530. The molecule has 7 nitrogen and oxygen atoms in total. The van der Waals surface area contributed by atoms with Gasteiger partial charge in [0.2, 0.25) is 0 Å². The standard InChI is InChI=1S/C36H42Cl2N4O3/c1-24(2)45-32-23-30(44-4)15-16-31(32)34-39-36(3,26-9-13-28(38)14-10-26)33(25-7-11-27(37)12-8-25)42(34)35(43)41-21-17-29(18-22-41)40-19-5-6-20-40/h7-16,23-24,29,33H,5-6,17-22H2,1-4H3/t33-,36?/m1/s1. The Hall–Kier alpha value is -3.26. The summed E-state index contributed by atoms with van der Waals surface area (Å²) < 4.78 is 11.9. The molecule has 3 aliphatic rings. The van der Waals surface area contributed by atoms with E-state index in [1.54, 1.807) is 7.11 Å². The highest BCUT2D eigenvalue weighted by atomic mass is 35.5. The molecule has 2 saturated heterocycles. The number of benzene rings is 3. The fraction of sp³-hybridized carbons (Fsp3) is 0.444. The first-order valence-electron chi connectivity index (χ1n) is 16.0. The molecule has 45 heavy (non-hydrogen) atoms. The monoisotopic (exact) mass is 648 g/mol. The van der Waals surface area contributed by atoms with Crippen LogP contribution in [0.2, 0.25) is 10.0 Å². The number of likely N-dealkylation sites (tertiary alicyclic amines) is 2. The first-order valence-corrected chi connectivity index (χ1v) is 16.7. The number of nitrogens with zero attached hydrogens (tertiary/aromatic N) is 4. The number of aliphatic imine (C=N–C) groups is 1. The van der Waals surface area contributed by atoms with Crippen molar-refractivity contribution in [2.45, 2.75) is 70.2 Å². The number of piperidine rings is 1. The second-order valence-corrected chi connectivity index (χ2v) is 13.6. The molecule has 1 unspecified atom stereocenters. The quantitative estimate of drug-likeness (QED) is 0.259. The average Bonchev–Trinajstić information content (AvgIpc) is 3.69. The van der Waals surface area contributed by atoms with Crippen LogP contribution in [-0.4, -0.2) is 72.0 Å². The molecule has 2 atom stereocenters. The second kappa shape index (κ2) is 13.2. The second-order valence-electron chi connectivity index (χ2n) is 12.7. The molecule has 0 radical (unpaired) electrons. The summed E-state index contributed by atoms with van der Waals surface area (Å²) in [6, 6.07) is 21.2. The molecule has 6 rings (SSSR count). The molecule has 0 spiro atoms. The molecule has 0 N–H and O–H groups in total. The summed E-state index contributed by atoms with van der Waals surface area (Å²) >= 11 is 12.7. The molecule has 0 aliphatic carbocycles. The summed E-state index contributed by atoms with van der Waals surface area (Å²) in [5, 5.41) is 1.28. The van der Waals surface area contributed by atoms with E-state index in [2.05, 4.69) is 11.8 Å². The van der Waals surface area contributed by atoms with Gasteiger partial charge in [-0.05, 0) is 107 Å². The van der Waals surface area contributed by atoms with Crippen LogP contribution in [0.4, 0.5) is 4.79 Å². The molecule has 3 aromatic carbocycles. The third-order valence-corrected chi connectivity index (χ3v) is 9.87. The van der Waals surface area contributed by atoms with Crippen molar-refractivity contribution in [1.82, 2.24) is 14.7 Å². The van der Waals surface area contributed by atoms with Crippen LogP contribution in [0.1, 0.15) is 69.2 Å². The van der Waals surface area contributed by atoms with Crippen molar-refractivity contribution in [3.05, 3.63) is 93.5 Å². The molecule has 0 saturated carbocycles. The minimum atomic E-state index is -0.841. The van der Waals surface area contributed by atoms with Crippen molar-refractivity contribution in [2.75, 3.05) is 33.3 Å². The topological polar surface area (TPSA) is 57.6 Å². The van der Waals surface area contributed by atoms with E-state index in [0.29, 0.717) is 46.5 Å². The van der Waals surface area contributed by atoms with E-state index in [9.17, 15) is 4.79 Å². The van der Waals surface area contributed by atoms with Gasteiger partial charge in [0.25, 0.3) is 0 Å². The van der Waals surface area contributed by atoms with Crippen molar-refractivity contribution in [1.29, 1.82) is 0 Å². The number of ether oxygens (including phenoxy) is 2. The third kappa shape index (κ3) is 6.40. The van der Waals surface area contributed by atoms with E-state index in [0.717, 1.165) is 42.6 Å². The fourth-order valence-corrected chi connectivity index (χ4v) is 7.33. The Labute approximate surface area is 276 Å². The lowest BCUT2D eigenvalue weighted by Crippen LogP contribution is -2.52. The number of hydrogen-bond donors (Lipinski definition) is 0.